The number of aliphatic hydroxyl groups excluding tert-OH is 1. The average Bonchev–Trinajstić information content (AvgIpc) is 3.19. The number of amides is 1. The van der Waals surface area contributed by atoms with Crippen molar-refractivity contribution in [2.45, 2.75) is 6.10 Å². The van der Waals surface area contributed by atoms with Crippen molar-refractivity contribution in [2.75, 3.05) is 13.1 Å². The molecule has 3 heterocycles. The van der Waals surface area contributed by atoms with Crippen molar-refractivity contribution in [3.8, 4) is 0 Å². The first kappa shape index (κ1) is 18.2. The van der Waals surface area contributed by atoms with E-state index in [0.717, 1.165) is 22.5 Å². The lowest BCUT2D eigenvalue weighted by molar-refractivity contribution is 0.00499. The van der Waals surface area contributed by atoms with Crippen LogP contribution in [-0.4, -0.2) is 55.4 Å². The SMILES string of the molecule is O=C(c1nnc2cc(N=C(c3ccccc3)c3ccccc3)ccn12)N1CC(O)C1. The van der Waals surface area contributed by atoms with E-state index in [0.29, 0.717) is 18.7 Å². The zero-order valence-corrected chi connectivity index (χ0v) is 16.1. The Morgan fingerprint density at radius 3 is 2.17 bits per heavy atom. The topological polar surface area (TPSA) is 83.1 Å². The molecule has 0 spiro atoms. The van der Waals surface area contributed by atoms with Crippen LogP contribution in [0.4, 0.5) is 5.69 Å². The van der Waals surface area contributed by atoms with Crippen LogP contribution in [-0.2, 0) is 0 Å². The highest BCUT2D eigenvalue weighted by Gasteiger charge is 2.32. The van der Waals surface area contributed by atoms with Gasteiger partial charge in [-0.3, -0.25) is 9.20 Å². The molecule has 1 saturated heterocycles. The second kappa shape index (κ2) is 7.53. The molecule has 1 fully saturated rings. The summed E-state index contributed by atoms with van der Waals surface area (Å²) in [6, 6.07) is 23.7. The molecule has 2 aromatic carbocycles. The highest BCUT2D eigenvalue weighted by atomic mass is 16.3. The molecule has 7 nitrogen and oxygen atoms in total. The molecule has 0 radical (unpaired) electrons. The van der Waals surface area contributed by atoms with Crippen molar-refractivity contribution >= 4 is 23.0 Å². The number of nitrogens with zero attached hydrogens (tertiary/aromatic N) is 5. The number of aliphatic imine (C=N–C) groups is 1. The fourth-order valence-corrected chi connectivity index (χ4v) is 3.47. The molecule has 1 aliphatic rings. The van der Waals surface area contributed by atoms with Crippen LogP contribution in [0.5, 0.6) is 0 Å². The summed E-state index contributed by atoms with van der Waals surface area (Å²) < 4.78 is 1.65. The number of carbonyl (C=O) groups excluding carboxylic acids is 1. The first-order valence-corrected chi connectivity index (χ1v) is 9.71. The largest absolute Gasteiger partial charge is 0.389 e. The lowest BCUT2D eigenvalue weighted by Crippen LogP contribution is -2.53. The number of carbonyl (C=O) groups is 1. The first-order valence-electron chi connectivity index (χ1n) is 9.71. The Hall–Kier alpha value is -3.84. The van der Waals surface area contributed by atoms with Crippen LogP contribution < -0.4 is 0 Å². The maximum atomic E-state index is 12.5. The van der Waals surface area contributed by atoms with E-state index in [1.165, 1.54) is 0 Å². The molecule has 0 bridgehead atoms. The molecule has 2 aromatic heterocycles. The number of hydrogen-bond acceptors (Lipinski definition) is 5. The Labute approximate surface area is 173 Å². The predicted octanol–water partition coefficient (Wildman–Crippen LogP) is 2.72. The van der Waals surface area contributed by atoms with Crippen molar-refractivity contribution in [3.05, 3.63) is 95.9 Å². The van der Waals surface area contributed by atoms with Crippen molar-refractivity contribution in [1.82, 2.24) is 19.5 Å². The number of aliphatic hydroxyl groups is 1. The van der Waals surface area contributed by atoms with Gasteiger partial charge < -0.3 is 10.0 Å². The Balaban J connectivity index is 1.53. The van der Waals surface area contributed by atoms with Crippen LogP contribution in [0.15, 0.2) is 84.0 Å². The normalized spacial score (nSPS) is 13.8. The molecule has 30 heavy (non-hydrogen) atoms. The zero-order valence-electron chi connectivity index (χ0n) is 16.1. The van der Waals surface area contributed by atoms with Gasteiger partial charge in [0.1, 0.15) is 0 Å². The lowest BCUT2D eigenvalue weighted by Gasteiger charge is -2.35. The maximum absolute atomic E-state index is 12.5. The van der Waals surface area contributed by atoms with Gasteiger partial charge in [0.05, 0.1) is 17.5 Å². The molecule has 5 rings (SSSR count). The van der Waals surface area contributed by atoms with Crippen LogP contribution in [0, 0.1) is 0 Å². The van der Waals surface area contributed by atoms with E-state index in [-0.39, 0.29) is 11.7 Å². The minimum Gasteiger partial charge on any atom is -0.389 e. The van der Waals surface area contributed by atoms with Crippen LogP contribution in [0.1, 0.15) is 21.7 Å². The molecule has 1 amide bonds. The van der Waals surface area contributed by atoms with Crippen molar-refractivity contribution in [1.29, 1.82) is 0 Å². The summed E-state index contributed by atoms with van der Waals surface area (Å²) in [6.07, 6.45) is 1.30. The summed E-state index contributed by atoms with van der Waals surface area (Å²) in [5.41, 5.74) is 4.14. The Bertz CT molecular complexity index is 1190. The number of aromatic nitrogens is 3. The van der Waals surface area contributed by atoms with Crippen LogP contribution in [0.2, 0.25) is 0 Å². The summed E-state index contributed by atoms with van der Waals surface area (Å²) in [5, 5.41) is 17.6. The maximum Gasteiger partial charge on any atom is 0.292 e. The molecule has 0 saturated carbocycles. The molecule has 4 aromatic rings. The Morgan fingerprint density at radius 2 is 1.57 bits per heavy atom. The Kier molecular flexibility index (Phi) is 4.57. The first-order chi connectivity index (χ1) is 14.7. The number of benzene rings is 2. The minimum absolute atomic E-state index is 0.235. The van der Waals surface area contributed by atoms with Gasteiger partial charge >= 0.3 is 0 Å². The van der Waals surface area contributed by atoms with E-state index in [4.69, 9.17) is 4.99 Å². The van der Waals surface area contributed by atoms with E-state index in [1.807, 2.05) is 66.7 Å². The predicted molar refractivity (Wildman–Crippen MR) is 113 cm³/mol. The molecule has 0 aliphatic carbocycles. The number of rotatable bonds is 4. The van der Waals surface area contributed by atoms with Gasteiger partial charge in [-0.2, -0.15) is 0 Å². The van der Waals surface area contributed by atoms with Gasteiger partial charge in [0, 0.05) is 36.5 Å². The van der Waals surface area contributed by atoms with E-state index >= 15 is 0 Å². The van der Waals surface area contributed by atoms with Gasteiger partial charge in [0.25, 0.3) is 5.91 Å². The lowest BCUT2D eigenvalue weighted by atomic mass is 10.0. The fraction of sp³-hybridized carbons (Fsp3) is 0.130. The quantitative estimate of drug-likeness (QED) is 0.537. The molecule has 1 aliphatic heterocycles. The van der Waals surface area contributed by atoms with Gasteiger partial charge in [0.2, 0.25) is 5.82 Å². The van der Waals surface area contributed by atoms with Crippen LogP contribution in [0.25, 0.3) is 5.65 Å². The number of fused-ring (bicyclic) bond motifs is 1. The molecule has 0 atom stereocenters. The van der Waals surface area contributed by atoms with Gasteiger partial charge in [0.15, 0.2) is 5.65 Å². The van der Waals surface area contributed by atoms with Crippen LogP contribution >= 0.6 is 0 Å². The number of β-amino-alcohol motifs (C(OH)–C–C–N with tert-alkyl or cyclic N) is 1. The molecule has 7 heteroatoms. The fourth-order valence-electron chi connectivity index (χ4n) is 3.47. The summed E-state index contributed by atoms with van der Waals surface area (Å²) in [4.78, 5) is 19.0. The summed E-state index contributed by atoms with van der Waals surface area (Å²) in [5.74, 6) is -0.00270. The van der Waals surface area contributed by atoms with Crippen molar-refractivity contribution < 1.29 is 9.90 Å². The van der Waals surface area contributed by atoms with Gasteiger partial charge in [-0.15, -0.1) is 10.2 Å². The van der Waals surface area contributed by atoms with Crippen molar-refractivity contribution in [3.63, 3.8) is 0 Å². The van der Waals surface area contributed by atoms with Crippen LogP contribution in [0.3, 0.4) is 0 Å². The van der Waals surface area contributed by atoms with E-state index in [1.54, 1.807) is 21.6 Å². The third-order valence-electron chi connectivity index (χ3n) is 5.07. The van der Waals surface area contributed by atoms with Gasteiger partial charge in [-0.25, -0.2) is 4.99 Å². The third kappa shape index (κ3) is 3.35. The van der Waals surface area contributed by atoms with Gasteiger partial charge in [-0.1, -0.05) is 60.7 Å². The van der Waals surface area contributed by atoms with Gasteiger partial charge in [-0.05, 0) is 6.07 Å². The molecule has 148 valence electrons. The molecular weight excluding hydrogens is 378 g/mol. The molecule has 1 N–H and O–H groups in total. The second-order valence-corrected chi connectivity index (χ2v) is 7.19. The molecule has 0 unspecified atom stereocenters. The highest BCUT2D eigenvalue weighted by molar-refractivity contribution is 6.14. The summed E-state index contributed by atoms with van der Waals surface area (Å²) in [7, 11) is 0. The zero-order chi connectivity index (χ0) is 20.5. The Morgan fingerprint density at radius 1 is 0.933 bits per heavy atom. The highest BCUT2D eigenvalue weighted by Crippen LogP contribution is 2.21. The number of pyridine rings is 1. The standard InChI is InChI=1S/C23H19N5O2/c29-19-14-27(15-19)23(30)22-26-25-20-13-18(11-12-28(20)22)24-21(16-7-3-1-4-8-16)17-9-5-2-6-10-17/h1-13,19,29H,14-15H2. The van der Waals surface area contributed by atoms with E-state index in [9.17, 15) is 9.90 Å². The average molecular weight is 397 g/mol. The summed E-state index contributed by atoms with van der Waals surface area (Å²) >= 11 is 0. The van der Waals surface area contributed by atoms with E-state index in [2.05, 4.69) is 10.2 Å². The molecular formula is C23H19N5O2. The monoisotopic (exact) mass is 397 g/mol. The smallest absolute Gasteiger partial charge is 0.292 e. The van der Waals surface area contributed by atoms with E-state index < -0.39 is 6.10 Å². The second-order valence-electron chi connectivity index (χ2n) is 7.19. The number of likely N-dealkylation sites (tertiary alicyclic amines) is 1. The number of hydrogen-bond donors (Lipinski definition) is 1. The summed E-state index contributed by atoms with van der Waals surface area (Å²) in [6.45, 7) is 0.654. The third-order valence-corrected chi connectivity index (χ3v) is 5.07. The minimum atomic E-state index is -0.455. The van der Waals surface area contributed by atoms with Crippen molar-refractivity contribution in [2.24, 2.45) is 4.99 Å².